The molecule has 0 saturated carbocycles. The molecule has 3 heterocycles. The van der Waals surface area contributed by atoms with Gasteiger partial charge in [0.25, 0.3) is 0 Å². The normalized spacial score (nSPS) is 20.6. The maximum absolute atomic E-state index is 14.0. The monoisotopic (exact) mass is 343 g/mol. The molecule has 1 N–H and O–H groups in total. The van der Waals surface area contributed by atoms with Crippen molar-refractivity contribution in [2.75, 3.05) is 18.4 Å². The number of likely N-dealkylation sites (tertiary alicyclic amines) is 1. The Bertz CT molecular complexity index is 795. The first-order chi connectivity index (χ1) is 12.0. The van der Waals surface area contributed by atoms with Crippen LogP contribution in [-0.2, 0) is 13.6 Å². The number of nitrogens with zero attached hydrogens (tertiary/aromatic N) is 6. The first-order valence-corrected chi connectivity index (χ1v) is 8.32. The van der Waals surface area contributed by atoms with Crippen molar-refractivity contribution in [2.24, 2.45) is 7.05 Å². The lowest BCUT2D eigenvalue weighted by Gasteiger charge is -2.24. The van der Waals surface area contributed by atoms with Crippen molar-refractivity contribution in [3.05, 3.63) is 34.8 Å². The van der Waals surface area contributed by atoms with Crippen LogP contribution in [0.4, 0.5) is 10.2 Å². The topological polar surface area (TPSA) is 82.7 Å². The van der Waals surface area contributed by atoms with Crippen LogP contribution in [0.1, 0.15) is 28.9 Å². The SMILES string of the molecule is Cc1nnc(NC[C@@H]2C[C@H](F)CN2Cc2ccnn2C)c(C#N)c1C. The predicted molar refractivity (Wildman–Crippen MR) is 91.6 cm³/mol. The minimum atomic E-state index is -0.846. The number of alkyl halides is 1. The summed E-state index contributed by atoms with van der Waals surface area (Å²) in [6.45, 7) is 5.25. The van der Waals surface area contributed by atoms with E-state index in [1.165, 1.54) is 0 Å². The number of nitrogens with one attached hydrogen (secondary N) is 1. The molecule has 0 bridgehead atoms. The van der Waals surface area contributed by atoms with E-state index in [2.05, 4.69) is 31.6 Å². The van der Waals surface area contributed by atoms with E-state index in [1.807, 2.05) is 27.0 Å². The minimum absolute atomic E-state index is 0.0276. The lowest BCUT2D eigenvalue weighted by molar-refractivity contribution is 0.235. The zero-order chi connectivity index (χ0) is 18.0. The van der Waals surface area contributed by atoms with Crippen LogP contribution in [0, 0.1) is 25.2 Å². The molecule has 0 aliphatic carbocycles. The zero-order valence-electron chi connectivity index (χ0n) is 14.7. The number of rotatable bonds is 5. The Balaban J connectivity index is 1.70. The summed E-state index contributed by atoms with van der Waals surface area (Å²) in [6, 6.07) is 4.15. The van der Waals surface area contributed by atoms with Crippen LogP contribution in [0.3, 0.4) is 0 Å². The third-order valence-corrected chi connectivity index (χ3v) is 4.84. The first-order valence-electron chi connectivity index (χ1n) is 8.32. The van der Waals surface area contributed by atoms with Crippen molar-refractivity contribution in [1.82, 2.24) is 24.9 Å². The summed E-state index contributed by atoms with van der Waals surface area (Å²) in [7, 11) is 1.88. The van der Waals surface area contributed by atoms with Gasteiger partial charge >= 0.3 is 0 Å². The van der Waals surface area contributed by atoms with Gasteiger partial charge in [-0.1, -0.05) is 0 Å². The van der Waals surface area contributed by atoms with Crippen molar-refractivity contribution in [1.29, 1.82) is 5.26 Å². The fourth-order valence-electron chi connectivity index (χ4n) is 3.18. The smallest absolute Gasteiger partial charge is 0.166 e. The summed E-state index contributed by atoms with van der Waals surface area (Å²) in [5, 5.41) is 24.9. The van der Waals surface area contributed by atoms with Crippen LogP contribution in [0.5, 0.6) is 0 Å². The van der Waals surface area contributed by atoms with Gasteiger partial charge in [0, 0.05) is 38.9 Å². The maximum atomic E-state index is 14.0. The van der Waals surface area contributed by atoms with Crippen molar-refractivity contribution in [2.45, 2.75) is 39.0 Å². The standard InChI is InChI=1S/C17H22FN7/c1-11-12(2)22-23-17(16(11)7-19)20-8-15-6-13(18)9-25(15)10-14-4-5-21-24(14)3/h4-5,13,15H,6,8-10H2,1-3H3,(H,20,23)/t13-,15-/m0/s1. The highest BCUT2D eigenvalue weighted by molar-refractivity contribution is 5.55. The predicted octanol–water partition coefficient (Wildman–Crippen LogP) is 1.72. The fraction of sp³-hybridized carbons (Fsp3) is 0.529. The molecule has 0 unspecified atom stereocenters. The highest BCUT2D eigenvalue weighted by Crippen LogP contribution is 2.24. The number of halogens is 1. The van der Waals surface area contributed by atoms with Crippen LogP contribution < -0.4 is 5.32 Å². The Hall–Kier alpha value is -2.53. The van der Waals surface area contributed by atoms with E-state index in [0.29, 0.717) is 37.4 Å². The minimum Gasteiger partial charge on any atom is -0.366 e. The van der Waals surface area contributed by atoms with Crippen molar-refractivity contribution in [3.8, 4) is 6.07 Å². The second-order valence-electron chi connectivity index (χ2n) is 6.49. The van der Waals surface area contributed by atoms with Crippen LogP contribution >= 0.6 is 0 Å². The van der Waals surface area contributed by atoms with E-state index >= 15 is 0 Å². The van der Waals surface area contributed by atoms with E-state index in [1.54, 1.807) is 10.9 Å². The van der Waals surface area contributed by atoms with Gasteiger partial charge in [-0.2, -0.15) is 15.5 Å². The van der Waals surface area contributed by atoms with Crippen molar-refractivity contribution in [3.63, 3.8) is 0 Å². The Kier molecular flexibility index (Phi) is 4.95. The lowest BCUT2D eigenvalue weighted by Crippen LogP contribution is -2.35. The third kappa shape index (κ3) is 3.61. The van der Waals surface area contributed by atoms with Gasteiger partial charge in [0.15, 0.2) is 5.82 Å². The van der Waals surface area contributed by atoms with Gasteiger partial charge in [-0.25, -0.2) is 4.39 Å². The molecule has 0 spiro atoms. The van der Waals surface area contributed by atoms with Gasteiger partial charge in [0.05, 0.1) is 11.4 Å². The molecule has 0 radical (unpaired) electrons. The van der Waals surface area contributed by atoms with E-state index in [4.69, 9.17) is 0 Å². The molecule has 2 aromatic heterocycles. The highest BCUT2D eigenvalue weighted by atomic mass is 19.1. The van der Waals surface area contributed by atoms with Crippen LogP contribution in [-0.4, -0.2) is 50.2 Å². The van der Waals surface area contributed by atoms with Gasteiger partial charge in [0.2, 0.25) is 0 Å². The molecule has 3 rings (SSSR count). The van der Waals surface area contributed by atoms with Gasteiger partial charge in [-0.05, 0) is 31.9 Å². The second kappa shape index (κ2) is 7.15. The number of aryl methyl sites for hydroxylation is 2. The zero-order valence-corrected chi connectivity index (χ0v) is 14.7. The van der Waals surface area contributed by atoms with Crippen LogP contribution in [0.15, 0.2) is 12.3 Å². The second-order valence-corrected chi connectivity index (χ2v) is 6.49. The summed E-state index contributed by atoms with van der Waals surface area (Å²) >= 11 is 0. The molecule has 1 saturated heterocycles. The molecule has 2 atom stereocenters. The number of hydrogen-bond donors (Lipinski definition) is 1. The maximum Gasteiger partial charge on any atom is 0.166 e. The Morgan fingerprint density at radius 1 is 1.40 bits per heavy atom. The highest BCUT2D eigenvalue weighted by Gasteiger charge is 2.32. The van der Waals surface area contributed by atoms with Crippen LogP contribution in [0.25, 0.3) is 0 Å². The lowest BCUT2D eigenvalue weighted by atomic mass is 10.1. The van der Waals surface area contributed by atoms with Gasteiger partial charge in [0.1, 0.15) is 17.8 Å². The Morgan fingerprint density at radius 2 is 2.20 bits per heavy atom. The molecule has 8 heteroatoms. The molecule has 0 amide bonds. The third-order valence-electron chi connectivity index (χ3n) is 4.84. The van der Waals surface area contributed by atoms with Gasteiger partial charge in [-0.15, -0.1) is 5.10 Å². The fourth-order valence-corrected chi connectivity index (χ4v) is 3.18. The largest absolute Gasteiger partial charge is 0.366 e. The number of aromatic nitrogens is 4. The van der Waals surface area contributed by atoms with E-state index in [-0.39, 0.29) is 6.04 Å². The van der Waals surface area contributed by atoms with Gasteiger partial charge < -0.3 is 5.32 Å². The van der Waals surface area contributed by atoms with Gasteiger partial charge in [-0.3, -0.25) is 9.58 Å². The van der Waals surface area contributed by atoms with Crippen LogP contribution in [0.2, 0.25) is 0 Å². The van der Waals surface area contributed by atoms with E-state index in [0.717, 1.165) is 17.0 Å². The van der Waals surface area contributed by atoms with E-state index < -0.39 is 6.17 Å². The molecular weight excluding hydrogens is 321 g/mol. The molecular formula is C17H22FN7. The van der Waals surface area contributed by atoms with Crippen molar-refractivity contribution >= 4 is 5.82 Å². The summed E-state index contributed by atoms with van der Waals surface area (Å²) < 4.78 is 15.8. The molecule has 1 aliphatic rings. The Morgan fingerprint density at radius 3 is 2.88 bits per heavy atom. The summed E-state index contributed by atoms with van der Waals surface area (Å²) in [5.74, 6) is 0.466. The first kappa shape index (κ1) is 17.3. The molecule has 1 fully saturated rings. The summed E-state index contributed by atoms with van der Waals surface area (Å²) in [6.07, 6.45) is 1.36. The van der Waals surface area contributed by atoms with E-state index in [9.17, 15) is 9.65 Å². The van der Waals surface area contributed by atoms with Crippen molar-refractivity contribution < 1.29 is 4.39 Å². The molecule has 7 nitrogen and oxygen atoms in total. The molecule has 25 heavy (non-hydrogen) atoms. The molecule has 132 valence electrons. The molecule has 1 aliphatic heterocycles. The number of hydrogen-bond acceptors (Lipinski definition) is 6. The average molecular weight is 343 g/mol. The molecule has 2 aromatic rings. The quantitative estimate of drug-likeness (QED) is 0.890. The number of anilines is 1. The average Bonchev–Trinajstić information content (AvgIpc) is 3.14. The summed E-state index contributed by atoms with van der Waals surface area (Å²) in [4.78, 5) is 2.11. The number of nitriles is 1. The molecule has 0 aromatic carbocycles. The summed E-state index contributed by atoms with van der Waals surface area (Å²) in [5.41, 5.74) is 3.11. The Labute approximate surface area is 146 Å².